The van der Waals surface area contributed by atoms with Crippen LogP contribution in [0, 0.1) is 11.8 Å². The third-order valence-corrected chi connectivity index (χ3v) is 7.56. The highest BCUT2D eigenvalue weighted by Crippen LogP contribution is 2.45. The number of nitrogens with one attached hydrogen (secondary N) is 1. The standard InChI is InChI=1S/C25H35N3O/c1-16(2)13-28-15-17-12-23-21(20-9-6-10-22(28)24(17)20)11-18(14-27(23)3)25(29)26-19-7-4-5-8-19/h6,9-10,15-16,18-19,21,23H,4-5,7-8,11-14H2,1-3H3,(H,26,29)/t18-,21-,23-/m1/s1. The molecule has 0 bridgehead atoms. The minimum absolute atomic E-state index is 0.108. The minimum atomic E-state index is 0.108. The zero-order valence-electron chi connectivity index (χ0n) is 18.2. The van der Waals surface area contributed by atoms with Gasteiger partial charge in [0.2, 0.25) is 5.91 Å². The molecule has 29 heavy (non-hydrogen) atoms. The van der Waals surface area contributed by atoms with Crippen LogP contribution in [-0.2, 0) is 17.8 Å². The zero-order chi connectivity index (χ0) is 20.1. The third-order valence-electron chi connectivity index (χ3n) is 7.56. The molecule has 1 saturated heterocycles. The Morgan fingerprint density at radius 3 is 2.79 bits per heavy atom. The molecule has 1 saturated carbocycles. The largest absolute Gasteiger partial charge is 0.353 e. The fraction of sp³-hybridized carbons (Fsp3) is 0.640. The molecule has 1 aliphatic heterocycles. The summed E-state index contributed by atoms with van der Waals surface area (Å²) in [6, 6.07) is 7.76. The average molecular weight is 394 g/mol. The number of hydrogen-bond donors (Lipinski definition) is 1. The van der Waals surface area contributed by atoms with E-state index in [4.69, 9.17) is 0 Å². The molecule has 2 heterocycles. The van der Waals surface area contributed by atoms with Gasteiger partial charge in [0.15, 0.2) is 0 Å². The summed E-state index contributed by atoms with van der Waals surface area (Å²) in [4.78, 5) is 15.5. The summed E-state index contributed by atoms with van der Waals surface area (Å²) in [7, 11) is 2.23. The molecule has 4 heteroatoms. The number of aromatic nitrogens is 1. The van der Waals surface area contributed by atoms with E-state index in [9.17, 15) is 4.79 Å². The lowest BCUT2D eigenvalue weighted by molar-refractivity contribution is -0.128. The van der Waals surface area contributed by atoms with Crippen LogP contribution in [0.25, 0.3) is 10.9 Å². The van der Waals surface area contributed by atoms with Gasteiger partial charge in [0.1, 0.15) is 0 Å². The van der Waals surface area contributed by atoms with E-state index >= 15 is 0 Å². The normalized spacial score (nSPS) is 27.5. The summed E-state index contributed by atoms with van der Waals surface area (Å²) < 4.78 is 2.46. The molecule has 0 radical (unpaired) electrons. The van der Waals surface area contributed by atoms with E-state index in [1.54, 1.807) is 0 Å². The molecular formula is C25H35N3O. The maximum atomic E-state index is 13.0. The molecule has 0 unspecified atom stereocenters. The maximum absolute atomic E-state index is 13.0. The first-order valence-corrected chi connectivity index (χ1v) is 11.6. The van der Waals surface area contributed by atoms with Crippen molar-refractivity contribution in [3.05, 3.63) is 35.5 Å². The van der Waals surface area contributed by atoms with Gasteiger partial charge in [-0.05, 0) is 55.8 Å². The van der Waals surface area contributed by atoms with Crippen LogP contribution in [0.2, 0.25) is 0 Å². The van der Waals surface area contributed by atoms with Crippen molar-refractivity contribution in [1.29, 1.82) is 0 Å². The lowest BCUT2D eigenvalue weighted by Gasteiger charge is -2.45. The number of likely N-dealkylation sites (tertiary alicyclic amines) is 1. The molecule has 0 spiro atoms. The van der Waals surface area contributed by atoms with Crippen LogP contribution >= 0.6 is 0 Å². The highest BCUT2D eigenvalue weighted by Gasteiger charge is 2.42. The first kappa shape index (κ1) is 19.2. The van der Waals surface area contributed by atoms with Gasteiger partial charge in [-0.1, -0.05) is 38.8 Å². The molecule has 156 valence electrons. The van der Waals surface area contributed by atoms with E-state index in [0.717, 1.165) is 38.8 Å². The molecule has 4 nitrogen and oxygen atoms in total. The molecule has 2 aliphatic carbocycles. The van der Waals surface area contributed by atoms with E-state index in [2.05, 4.69) is 60.1 Å². The number of rotatable bonds is 4. The Morgan fingerprint density at radius 1 is 1.24 bits per heavy atom. The highest BCUT2D eigenvalue weighted by molar-refractivity contribution is 5.89. The quantitative estimate of drug-likeness (QED) is 0.840. The minimum Gasteiger partial charge on any atom is -0.353 e. The van der Waals surface area contributed by atoms with E-state index in [-0.39, 0.29) is 11.8 Å². The lowest BCUT2D eigenvalue weighted by Crippen LogP contribution is -2.52. The van der Waals surface area contributed by atoms with Gasteiger partial charge in [-0.2, -0.15) is 0 Å². The van der Waals surface area contributed by atoms with Gasteiger partial charge in [0, 0.05) is 48.2 Å². The van der Waals surface area contributed by atoms with Crippen LogP contribution in [-0.4, -0.2) is 41.1 Å². The Balaban J connectivity index is 1.45. The van der Waals surface area contributed by atoms with E-state index in [1.807, 2.05) is 0 Å². The van der Waals surface area contributed by atoms with Crippen molar-refractivity contribution < 1.29 is 4.79 Å². The molecule has 3 atom stereocenters. The van der Waals surface area contributed by atoms with Gasteiger partial charge in [-0.15, -0.1) is 0 Å². The van der Waals surface area contributed by atoms with E-state index in [0.29, 0.717) is 23.9 Å². The Labute approximate surface area is 174 Å². The second-order valence-corrected chi connectivity index (χ2v) is 10.2. The lowest BCUT2D eigenvalue weighted by atomic mass is 9.72. The summed E-state index contributed by atoms with van der Waals surface area (Å²) in [6.45, 7) is 6.53. The summed E-state index contributed by atoms with van der Waals surface area (Å²) >= 11 is 0. The van der Waals surface area contributed by atoms with Gasteiger partial charge in [0.25, 0.3) is 0 Å². The van der Waals surface area contributed by atoms with Crippen LogP contribution in [0.15, 0.2) is 24.4 Å². The first-order valence-electron chi connectivity index (χ1n) is 11.6. The number of carbonyl (C=O) groups excluding carboxylic acids is 1. The first-order chi connectivity index (χ1) is 14.0. The average Bonchev–Trinajstić information content (AvgIpc) is 3.31. The molecule has 1 aromatic carbocycles. The second kappa shape index (κ2) is 7.46. The Kier molecular flexibility index (Phi) is 4.93. The summed E-state index contributed by atoms with van der Waals surface area (Å²) in [5.74, 6) is 1.49. The van der Waals surface area contributed by atoms with Gasteiger partial charge in [-0.25, -0.2) is 0 Å². The zero-order valence-corrected chi connectivity index (χ0v) is 18.2. The number of benzene rings is 1. The van der Waals surface area contributed by atoms with Crippen LogP contribution in [0.5, 0.6) is 0 Å². The SMILES string of the molecule is CC(C)Cn1cc2c3c(cccc31)[C@H]1C[C@@H](C(=O)NC3CCCC3)CN(C)[C@@H]1C2. The highest BCUT2D eigenvalue weighted by atomic mass is 16.2. The number of nitrogens with zero attached hydrogens (tertiary/aromatic N) is 2. The van der Waals surface area contributed by atoms with Gasteiger partial charge < -0.3 is 14.8 Å². The van der Waals surface area contributed by atoms with E-state index < -0.39 is 0 Å². The molecule has 2 aromatic rings. The number of hydrogen-bond acceptors (Lipinski definition) is 2. The van der Waals surface area contributed by atoms with Crippen LogP contribution < -0.4 is 5.32 Å². The molecule has 1 amide bonds. The number of fused-ring (bicyclic) bond motifs is 2. The summed E-state index contributed by atoms with van der Waals surface area (Å²) in [6.07, 6.45) is 9.34. The topological polar surface area (TPSA) is 37.3 Å². The van der Waals surface area contributed by atoms with Gasteiger partial charge in [0.05, 0.1) is 5.92 Å². The molecule has 2 fully saturated rings. The summed E-state index contributed by atoms with van der Waals surface area (Å²) in [5, 5.41) is 4.84. The molecule has 1 N–H and O–H groups in total. The van der Waals surface area contributed by atoms with Crippen molar-refractivity contribution >= 4 is 16.8 Å². The second-order valence-electron chi connectivity index (χ2n) is 10.2. The van der Waals surface area contributed by atoms with Crippen molar-refractivity contribution in [3.8, 4) is 0 Å². The third kappa shape index (κ3) is 3.39. The van der Waals surface area contributed by atoms with E-state index in [1.165, 1.54) is 34.9 Å². The van der Waals surface area contributed by atoms with Crippen molar-refractivity contribution in [2.24, 2.45) is 11.8 Å². The van der Waals surface area contributed by atoms with Crippen molar-refractivity contribution in [2.75, 3.05) is 13.6 Å². The Morgan fingerprint density at radius 2 is 2.03 bits per heavy atom. The molecule has 3 aliphatic rings. The number of likely N-dealkylation sites (N-methyl/N-ethyl adjacent to an activating group) is 1. The number of carbonyl (C=O) groups is 1. The summed E-state index contributed by atoms with van der Waals surface area (Å²) in [5.41, 5.74) is 4.35. The van der Waals surface area contributed by atoms with Gasteiger partial charge in [-0.3, -0.25) is 4.79 Å². The van der Waals surface area contributed by atoms with Crippen molar-refractivity contribution in [2.45, 2.75) is 76.9 Å². The number of piperidine rings is 1. The number of amides is 1. The fourth-order valence-electron chi connectivity index (χ4n) is 6.24. The van der Waals surface area contributed by atoms with Crippen LogP contribution in [0.1, 0.15) is 63.0 Å². The molecule has 1 aromatic heterocycles. The predicted octanol–water partition coefficient (Wildman–Crippen LogP) is 4.32. The van der Waals surface area contributed by atoms with Crippen LogP contribution in [0.3, 0.4) is 0 Å². The Hall–Kier alpha value is -1.81. The molecular weight excluding hydrogens is 358 g/mol. The van der Waals surface area contributed by atoms with Crippen molar-refractivity contribution in [1.82, 2.24) is 14.8 Å². The fourth-order valence-corrected chi connectivity index (χ4v) is 6.24. The predicted molar refractivity (Wildman–Crippen MR) is 118 cm³/mol. The van der Waals surface area contributed by atoms with Gasteiger partial charge >= 0.3 is 0 Å². The van der Waals surface area contributed by atoms with Crippen molar-refractivity contribution in [3.63, 3.8) is 0 Å². The molecule has 5 rings (SSSR count). The Bertz CT molecular complexity index is 908. The maximum Gasteiger partial charge on any atom is 0.224 e. The monoisotopic (exact) mass is 393 g/mol. The van der Waals surface area contributed by atoms with Crippen LogP contribution in [0.4, 0.5) is 0 Å². The smallest absolute Gasteiger partial charge is 0.224 e.